The van der Waals surface area contributed by atoms with Gasteiger partial charge in [0, 0.05) is 27.3 Å². The molecule has 0 nitrogen and oxygen atoms in total. The molecule has 0 spiro atoms. The Balaban J connectivity index is 5.83. The summed E-state index contributed by atoms with van der Waals surface area (Å²) >= 11 is 2.43. The second-order valence-electron chi connectivity index (χ2n) is 12.0. The Morgan fingerprint density at radius 3 is 0.981 bits per heavy atom. The van der Waals surface area contributed by atoms with E-state index in [1.807, 2.05) is 0 Å². The fourth-order valence-corrected chi connectivity index (χ4v) is 8.32. The Kier molecular flexibility index (Phi) is 16.0. The predicted octanol–water partition coefficient (Wildman–Crippen LogP) is 12.8. The topological polar surface area (TPSA) is 0 Å². The highest BCUT2D eigenvalue weighted by Crippen LogP contribution is 2.78. The first kappa shape index (κ1) is 50.0. The van der Waals surface area contributed by atoms with Crippen molar-refractivity contribution in [1.29, 1.82) is 0 Å². The van der Waals surface area contributed by atoms with E-state index in [0.717, 1.165) is 6.92 Å². The van der Waals surface area contributed by atoms with Crippen molar-refractivity contribution in [2.75, 3.05) is 40.0 Å². The zero-order valence-corrected chi connectivity index (χ0v) is 28.2. The van der Waals surface area contributed by atoms with Gasteiger partial charge in [-0.2, -0.15) is 79.0 Å². The molecule has 1 rings (SSSR count). The first-order valence-corrected chi connectivity index (χ1v) is 15.5. The van der Waals surface area contributed by atoms with Crippen molar-refractivity contribution >= 4 is 15.9 Å². The van der Waals surface area contributed by atoms with Crippen LogP contribution in [-0.4, -0.2) is 77.1 Å². The lowest BCUT2D eigenvalue weighted by Gasteiger charge is -2.67. The number of halogens is 25. The van der Waals surface area contributed by atoms with Crippen LogP contribution >= 0.6 is 15.9 Å². The molecule has 0 saturated carbocycles. The lowest BCUT2D eigenvalue weighted by Crippen LogP contribution is -2.75. The highest BCUT2D eigenvalue weighted by atomic mass is 79.9. The maximum atomic E-state index is 15.1. The molecule has 0 aliphatic heterocycles. The number of benzene rings is 1. The van der Waals surface area contributed by atoms with E-state index in [1.165, 1.54) is 0 Å². The van der Waals surface area contributed by atoms with E-state index in [0.29, 0.717) is 0 Å². The Labute approximate surface area is 298 Å². The summed E-state index contributed by atoms with van der Waals surface area (Å²) in [5, 5.41) is 0. The molecule has 7 unspecified atom stereocenters. The molecule has 0 N–H and O–H groups in total. The van der Waals surface area contributed by atoms with Crippen LogP contribution in [0.5, 0.6) is 0 Å². The smallest absolute Gasteiger partial charge is 0.250 e. The molecular weight excluding hydrogens is 884 g/mol. The molecule has 0 aliphatic rings. The Hall–Kier alpha value is -1.98. The van der Waals surface area contributed by atoms with Crippen LogP contribution in [-0.2, 0) is 6.42 Å². The van der Waals surface area contributed by atoms with Crippen LogP contribution in [0.1, 0.15) is 24.0 Å². The van der Waals surface area contributed by atoms with Crippen molar-refractivity contribution in [3.8, 4) is 0 Å². The number of aryl methyl sites for hydroxylation is 1. The summed E-state index contributed by atoms with van der Waals surface area (Å²) in [6.07, 6.45) is -44.8. The number of alkyl halides is 24. The maximum absolute atomic E-state index is 15.1. The molecule has 0 aliphatic carbocycles. The first-order valence-electron chi connectivity index (χ1n) is 14.7. The van der Waals surface area contributed by atoms with Gasteiger partial charge in [0.15, 0.2) is 0 Å². The van der Waals surface area contributed by atoms with Crippen molar-refractivity contribution in [2.45, 2.75) is 56.3 Å². The minimum atomic E-state index is -7.47. The molecule has 0 amide bonds. The molecule has 7 atom stereocenters. The predicted molar refractivity (Wildman–Crippen MR) is 143 cm³/mol. The fraction of sp³-hybridized carbons (Fsp3) is 0.793. The lowest BCUT2D eigenvalue weighted by atomic mass is 9.35. The van der Waals surface area contributed by atoms with Crippen LogP contribution in [0.3, 0.4) is 0 Å². The van der Waals surface area contributed by atoms with E-state index >= 15 is 35.1 Å². The van der Waals surface area contributed by atoms with E-state index in [2.05, 4.69) is 22.0 Å². The van der Waals surface area contributed by atoms with Gasteiger partial charge in [0.2, 0.25) is 0 Å². The van der Waals surface area contributed by atoms with Crippen molar-refractivity contribution in [1.82, 2.24) is 0 Å². The number of rotatable bonds is 16. The minimum absolute atomic E-state index is 0.116. The standard InChI is InChI=1S/C29H26BrF24/c1-2-12-3-13(5-14(30)4-12)21(15(6-31)24(37,38)39)23(19(10-35)28(49,50)51,20(11-36)29(52,53)54)22(16(7-32)25(40,41)42,17(8-33)26(43,44)45)18(9-34)27(46,47)48/h3,5,15-21H,2,6-11H2,1H3. The average molecular weight is 910 g/mol. The molecule has 25 heteroatoms. The van der Waals surface area contributed by atoms with Crippen LogP contribution in [0.4, 0.5) is 105 Å². The SMILES string of the molecule is CCc1[c]c(Br)cc(C(C(CF)C(F)(F)F)C(C(CF)C(F)(F)F)(C(CF)C(F)(F)F)C(C(CF)C(F)(F)F)(C(CF)C(F)(F)F)C(CF)C(F)(F)F)c1. The third-order valence-corrected chi connectivity index (χ3v) is 9.97. The highest BCUT2D eigenvalue weighted by Gasteiger charge is 2.86. The summed E-state index contributed by atoms with van der Waals surface area (Å²) in [6, 6.07) is 1.77. The quantitative estimate of drug-likeness (QED) is 0.145. The zero-order valence-electron chi connectivity index (χ0n) is 26.6. The summed E-state index contributed by atoms with van der Waals surface area (Å²) in [5.74, 6) is -39.5. The van der Waals surface area contributed by atoms with Crippen molar-refractivity contribution in [3.05, 3.63) is 33.8 Å². The summed E-state index contributed by atoms with van der Waals surface area (Å²) in [6.45, 7) is -23.1. The highest BCUT2D eigenvalue weighted by molar-refractivity contribution is 9.10. The number of hydrogen-bond donors (Lipinski definition) is 0. The molecule has 0 saturated heterocycles. The zero-order chi connectivity index (χ0) is 42.8. The van der Waals surface area contributed by atoms with Gasteiger partial charge in [-0.1, -0.05) is 28.9 Å². The van der Waals surface area contributed by atoms with E-state index in [1.54, 1.807) is 0 Å². The normalized spacial score (nSPS) is 20.3. The maximum Gasteiger partial charge on any atom is 0.394 e. The molecule has 1 aromatic rings. The third kappa shape index (κ3) is 9.41. The molecular formula is C29H26BrF24. The summed E-state index contributed by atoms with van der Waals surface area (Å²) in [7, 11) is 0. The van der Waals surface area contributed by atoms with Crippen molar-refractivity contribution in [3.63, 3.8) is 0 Å². The van der Waals surface area contributed by atoms with Crippen LogP contribution < -0.4 is 0 Å². The van der Waals surface area contributed by atoms with Crippen molar-refractivity contribution < 1.29 is 105 Å². The van der Waals surface area contributed by atoms with Gasteiger partial charge in [-0.15, -0.1) is 0 Å². The first-order chi connectivity index (χ1) is 24.2. The van der Waals surface area contributed by atoms with Crippen LogP contribution in [0.2, 0.25) is 0 Å². The molecule has 0 aromatic heterocycles. The molecule has 317 valence electrons. The molecule has 0 bridgehead atoms. The van der Waals surface area contributed by atoms with E-state index < -0.39 is 151 Å². The average Bonchev–Trinajstić information content (AvgIpc) is 2.95. The third-order valence-electron chi connectivity index (χ3n) is 9.54. The molecule has 1 aromatic carbocycles. The Morgan fingerprint density at radius 1 is 0.463 bits per heavy atom. The largest absolute Gasteiger partial charge is 0.394 e. The second kappa shape index (κ2) is 17.3. The Morgan fingerprint density at radius 2 is 0.759 bits per heavy atom. The van der Waals surface area contributed by atoms with Gasteiger partial charge < -0.3 is 0 Å². The van der Waals surface area contributed by atoms with Gasteiger partial charge in [0.05, 0.1) is 35.5 Å². The molecule has 0 fully saturated rings. The molecule has 0 heterocycles. The van der Waals surface area contributed by atoms with Crippen molar-refractivity contribution in [2.24, 2.45) is 46.3 Å². The van der Waals surface area contributed by atoms with Crippen LogP contribution in [0.25, 0.3) is 0 Å². The van der Waals surface area contributed by atoms with E-state index in [4.69, 9.17) is 0 Å². The van der Waals surface area contributed by atoms with Crippen LogP contribution in [0, 0.1) is 52.4 Å². The Bertz CT molecular complexity index is 1240. The summed E-state index contributed by atoms with van der Waals surface area (Å²) < 4.78 is 358. The fourth-order valence-electron chi connectivity index (χ4n) is 7.80. The van der Waals surface area contributed by atoms with E-state index in [-0.39, 0.29) is 12.1 Å². The summed E-state index contributed by atoms with van der Waals surface area (Å²) in [4.78, 5) is 0. The second-order valence-corrected chi connectivity index (χ2v) is 12.9. The molecule has 1 radical (unpaired) electrons. The van der Waals surface area contributed by atoms with E-state index in [9.17, 15) is 70.2 Å². The minimum Gasteiger partial charge on any atom is -0.250 e. The van der Waals surface area contributed by atoms with Gasteiger partial charge in [0.1, 0.15) is 40.0 Å². The van der Waals surface area contributed by atoms with Crippen LogP contribution in [0.15, 0.2) is 16.6 Å². The van der Waals surface area contributed by atoms with Gasteiger partial charge in [-0.25, -0.2) is 0 Å². The van der Waals surface area contributed by atoms with Gasteiger partial charge in [-0.3, -0.25) is 26.3 Å². The molecule has 54 heavy (non-hydrogen) atoms. The van der Waals surface area contributed by atoms with Gasteiger partial charge in [-0.05, 0) is 23.6 Å². The van der Waals surface area contributed by atoms with Gasteiger partial charge >= 0.3 is 37.1 Å². The summed E-state index contributed by atoms with van der Waals surface area (Å²) in [5.41, 5.74) is -17.0. The monoisotopic (exact) mass is 909 g/mol. The van der Waals surface area contributed by atoms with Gasteiger partial charge in [0.25, 0.3) is 0 Å². The number of hydrogen-bond acceptors (Lipinski definition) is 0. The lowest BCUT2D eigenvalue weighted by molar-refractivity contribution is -0.403.